The second-order valence-corrected chi connectivity index (χ2v) is 3.88. The molecule has 0 unspecified atom stereocenters. The summed E-state index contributed by atoms with van der Waals surface area (Å²) >= 11 is 1.57. The molecule has 0 aromatic carbocycles. The van der Waals surface area contributed by atoms with Crippen LogP contribution in [0.4, 0.5) is 5.82 Å². The van der Waals surface area contributed by atoms with Gasteiger partial charge in [0.2, 0.25) is 0 Å². The van der Waals surface area contributed by atoms with Crippen molar-refractivity contribution in [2.75, 3.05) is 5.73 Å². The van der Waals surface area contributed by atoms with Crippen molar-refractivity contribution in [1.82, 2.24) is 14.5 Å². The predicted octanol–water partition coefficient (Wildman–Crippen LogP) is 2.06. The maximum Gasteiger partial charge on any atom is 0.148 e. The first-order valence-electron chi connectivity index (χ1n) is 4.46. The number of anilines is 1. The van der Waals surface area contributed by atoms with Crippen LogP contribution >= 0.6 is 11.3 Å². The van der Waals surface area contributed by atoms with Crippen LogP contribution in [-0.4, -0.2) is 14.5 Å². The van der Waals surface area contributed by atoms with Crippen LogP contribution in [0, 0.1) is 0 Å². The molecule has 0 aliphatic heterocycles. The Morgan fingerprint density at radius 3 is 3.00 bits per heavy atom. The molecule has 0 bridgehead atoms. The number of aromatic nitrogens is 3. The van der Waals surface area contributed by atoms with E-state index in [9.17, 15) is 0 Å². The van der Waals surface area contributed by atoms with Crippen molar-refractivity contribution in [1.29, 1.82) is 0 Å². The van der Waals surface area contributed by atoms with E-state index in [2.05, 4.69) is 9.97 Å². The van der Waals surface area contributed by atoms with E-state index < -0.39 is 0 Å². The summed E-state index contributed by atoms with van der Waals surface area (Å²) in [6.07, 6.45) is 3.66. The lowest BCUT2D eigenvalue weighted by Gasteiger charge is -2.00. The molecule has 3 aromatic heterocycles. The number of hydrogen-bond acceptors (Lipinski definition) is 4. The van der Waals surface area contributed by atoms with Gasteiger partial charge in [0.1, 0.15) is 11.6 Å². The Labute approximate surface area is 90.0 Å². The van der Waals surface area contributed by atoms with Crippen molar-refractivity contribution in [2.24, 2.45) is 0 Å². The first-order valence-corrected chi connectivity index (χ1v) is 5.40. The highest BCUT2D eigenvalue weighted by molar-refractivity contribution is 7.07. The predicted molar refractivity (Wildman–Crippen MR) is 61.2 cm³/mol. The Kier molecular flexibility index (Phi) is 1.72. The second-order valence-electron chi connectivity index (χ2n) is 3.16. The molecule has 0 spiro atoms. The van der Waals surface area contributed by atoms with Gasteiger partial charge in [0.15, 0.2) is 0 Å². The maximum absolute atomic E-state index is 5.78. The number of nitrogen functional groups attached to an aromatic ring is 1. The van der Waals surface area contributed by atoms with Gasteiger partial charge in [0, 0.05) is 23.2 Å². The van der Waals surface area contributed by atoms with Crippen LogP contribution in [0.25, 0.3) is 16.7 Å². The highest BCUT2D eigenvalue weighted by atomic mass is 32.1. The molecule has 0 amide bonds. The van der Waals surface area contributed by atoms with E-state index in [0.717, 1.165) is 16.7 Å². The van der Waals surface area contributed by atoms with Crippen LogP contribution < -0.4 is 5.73 Å². The zero-order valence-electron chi connectivity index (χ0n) is 7.79. The molecule has 0 atom stereocenters. The first-order chi connectivity index (χ1) is 7.36. The average molecular weight is 216 g/mol. The molecule has 0 aliphatic carbocycles. The molecular weight excluding hydrogens is 208 g/mol. The van der Waals surface area contributed by atoms with E-state index in [1.54, 1.807) is 17.5 Å². The summed E-state index contributed by atoms with van der Waals surface area (Å²) in [5, 5.41) is 2.96. The summed E-state index contributed by atoms with van der Waals surface area (Å²) in [6, 6.07) is 3.89. The summed E-state index contributed by atoms with van der Waals surface area (Å²) in [6.45, 7) is 0. The fourth-order valence-corrected chi connectivity index (χ4v) is 2.14. The van der Waals surface area contributed by atoms with Gasteiger partial charge in [0.05, 0.1) is 11.0 Å². The fraction of sp³-hybridized carbons (Fsp3) is 0. The molecule has 0 fully saturated rings. The van der Waals surface area contributed by atoms with Gasteiger partial charge in [-0.2, -0.15) is 0 Å². The molecule has 3 rings (SSSR count). The monoisotopic (exact) mass is 216 g/mol. The fourth-order valence-electron chi connectivity index (χ4n) is 1.61. The molecule has 2 N–H and O–H groups in total. The van der Waals surface area contributed by atoms with E-state index in [-0.39, 0.29) is 0 Å². The van der Waals surface area contributed by atoms with Gasteiger partial charge in [-0.1, -0.05) is 0 Å². The van der Waals surface area contributed by atoms with Crippen LogP contribution in [-0.2, 0) is 0 Å². The van der Waals surface area contributed by atoms with E-state index >= 15 is 0 Å². The van der Waals surface area contributed by atoms with E-state index in [1.165, 1.54) is 0 Å². The minimum atomic E-state index is 0.557. The average Bonchev–Trinajstić information content (AvgIpc) is 2.85. The van der Waals surface area contributed by atoms with Crippen LogP contribution in [0.5, 0.6) is 0 Å². The number of nitrogens with two attached hydrogens (primary N) is 1. The highest BCUT2D eigenvalue weighted by Crippen LogP contribution is 2.22. The molecule has 3 aromatic rings. The molecule has 0 aliphatic rings. The number of pyridine rings is 1. The zero-order chi connectivity index (χ0) is 10.3. The van der Waals surface area contributed by atoms with Crippen LogP contribution in [0.3, 0.4) is 0 Å². The van der Waals surface area contributed by atoms with Gasteiger partial charge in [-0.15, -0.1) is 11.3 Å². The molecule has 0 radical (unpaired) electrons. The van der Waals surface area contributed by atoms with Crippen LogP contribution in [0.1, 0.15) is 0 Å². The summed E-state index contributed by atoms with van der Waals surface area (Å²) in [7, 11) is 0. The van der Waals surface area contributed by atoms with E-state index in [4.69, 9.17) is 5.73 Å². The van der Waals surface area contributed by atoms with E-state index in [1.807, 2.05) is 33.8 Å². The highest BCUT2D eigenvalue weighted by Gasteiger charge is 2.06. The van der Waals surface area contributed by atoms with Crippen LogP contribution in [0.15, 0.2) is 35.4 Å². The van der Waals surface area contributed by atoms with Gasteiger partial charge in [-0.05, 0) is 12.1 Å². The summed E-state index contributed by atoms with van der Waals surface area (Å²) in [5.41, 5.74) is 8.63. The molecule has 74 valence electrons. The number of rotatable bonds is 1. The normalized spacial score (nSPS) is 10.9. The smallest absolute Gasteiger partial charge is 0.148 e. The van der Waals surface area contributed by atoms with Gasteiger partial charge in [-0.25, -0.2) is 9.97 Å². The Balaban J connectivity index is 2.34. The van der Waals surface area contributed by atoms with Crippen LogP contribution in [0.2, 0.25) is 0 Å². The topological polar surface area (TPSA) is 56.7 Å². The third-order valence-electron chi connectivity index (χ3n) is 2.31. The molecule has 0 saturated heterocycles. The second kappa shape index (κ2) is 3.06. The number of nitrogens with zero attached hydrogens (tertiary/aromatic N) is 3. The quantitative estimate of drug-likeness (QED) is 0.677. The lowest BCUT2D eigenvalue weighted by molar-refractivity contribution is 1.07. The molecule has 15 heavy (non-hydrogen) atoms. The van der Waals surface area contributed by atoms with Gasteiger partial charge in [-0.3, -0.25) is 0 Å². The summed E-state index contributed by atoms with van der Waals surface area (Å²) < 4.78 is 2.00. The van der Waals surface area contributed by atoms with Crippen molar-refractivity contribution in [2.45, 2.75) is 0 Å². The first kappa shape index (κ1) is 8.43. The Morgan fingerprint density at radius 1 is 1.27 bits per heavy atom. The van der Waals surface area contributed by atoms with Crippen molar-refractivity contribution < 1.29 is 0 Å². The molecule has 5 heteroatoms. The lowest BCUT2D eigenvalue weighted by Crippen LogP contribution is -1.93. The molecular formula is C10H8N4S. The maximum atomic E-state index is 5.78. The minimum Gasteiger partial charge on any atom is -0.383 e. The van der Waals surface area contributed by atoms with Crippen molar-refractivity contribution in [3.63, 3.8) is 0 Å². The van der Waals surface area contributed by atoms with Gasteiger partial charge >= 0.3 is 0 Å². The Hall–Kier alpha value is -1.88. The third-order valence-corrected chi connectivity index (χ3v) is 2.89. The standard InChI is InChI=1S/C10H8N4S/c11-10-7-2-4-14(8(7)1-3-12-10)9-5-15-6-13-9/h1-6H,(H2,11,12). The van der Waals surface area contributed by atoms with Gasteiger partial charge in [0.25, 0.3) is 0 Å². The molecule has 3 heterocycles. The number of fused-ring (bicyclic) bond motifs is 1. The Bertz CT molecular complexity index is 597. The number of thiazole rings is 1. The van der Waals surface area contributed by atoms with Crippen molar-refractivity contribution in [3.8, 4) is 5.82 Å². The summed E-state index contributed by atoms with van der Waals surface area (Å²) in [5.74, 6) is 1.47. The summed E-state index contributed by atoms with van der Waals surface area (Å²) in [4.78, 5) is 8.31. The Morgan fingerprint density at radius 2 is 2.20 bits per heavy atom. The molecule has 0 saturated carbocycles. The lowest BCUT2D eigenvalue weighted by atomic mass is 10.3. The number of hydrogen-bond donors (Lipinski definition) is 1. The van der Waals surface area contributed by atoms with Crippen molar-refractivity contribution in [3.05, 3.63) is 35.4 Å². The van der Waals surface area contributed by atoms with Gasteiger partial charge < -0.3 is 10.3 Å². The molecule has 4 nitrogen and oxygen atoms in total. The minimum absolute atomic E-state index is 0.557. The third kappa shape index (κ3) is 1.20. The zero-order valence-corrected chi connectivity index (χ0v) is 8.61. The SMILES string of the molecule is Nc1nccc2c1ccn2-c1cscn1. The largest absolute Gasteiger partial charge is 0.383 e. The van der Waals surface area contributed by atoms with Crippen molar-refractivity contribution >= 4 is 28.1 Å². The van der Waals surface area contributed by atoms with E-state index in [0.29, 0.717) is 5.82 Å².